The molecule has 152 valence electrons. The molecule has 0 heterocycles. The average molecular weight is 381 g/mol. The van der Waals surface area contributed by atoms with Crippen LogP contribution in [0.25, 0.3) is 0 Å². The van der Waals surface area contributed by atoms with Crippen molar-refractivity contribution in [1.29, 1.82) is 0 Å². The van der Waals surface area contributed by atoms with E-state index < -0.39 is 23.7 Å². The molecule has 0 aliphatic rings. The smallest absolute Gasteiger partial charge is 0.408 e. The zero-order chi connectivity index (χ0) is 20.4. The van der Waals surface area contributed by atoms with Crippen molar-refractivity contribution in [1.82, 2.24) is 5.32 Å². The molecule has 0 aromatic heterocycles. The van der Waals surface area contributed by atoms with Crippen molar-refractivity contribution in [2.45, 2.75) is 65.0 Å². The first kappa shape index (κ1) is 22.6. The lowest BCUT2D eigenvalue weighted by atomic mass is 10.1. The fraction of sp³-hybridized carbons (Fsp3) is 0.600. The molecule has 1 aromatic carbocycles. The lowest BCUT2D eigenvalue weighted by Crippen LogP contribution is -2.44. The number of rotatable bonds is 10. The number of carbonyl (C=O) groups is 2. The second-order valence-corrected chi connectivity index (χ2v) is 7.28. The number of ether oxygens (including phenoxy) is 3. The first-order valence-corrected chi connectivity index (χ1v) is 9.18. The van der Waals surface area contributed by atoms with E-state index in [2.05, 4.69) is 12.2 Å². The summed E-state index contributed by atoms with van der Waals surface area (Å²) in [6, 6.07) is 4.14. The Morgan fingerprint density at radius 3 is 2.44 bits per heavy atom. The lowest BCUT2D eigenvalue weighted by Gasteiger charge is -2.22. The predicted octanol–water partition coefficient (Wildman–Crippen LogP) is 3.78. The van der Waals surface area contributed by atoms with Gasteiger partial charge in [0, 0.05) is 6.42 Å². The van der Waals surface area contributed by atoms with Gasteiger partial charge in [-0.2, -0.15) is 0 Å². The fourth-order valence-electron chi connectivity index (χ4n) is 2.38. The van der Waals surface area contributed by atoms with E-state index in [4.69, 9.17) is 14.2 Å². The number of carboxylic acid groups (broad SMARTS) is 1. The van der Waals surface area contributed by atoms with E-state index in [1.165, 1.54) is 7.11 Å². The number of benzene rings is 1. The molecule has 1 rings (SSSR count). The van der Waals surface area contributed by atoms with Gasteiger partial charge in [-0.25, -0.2) is 9.59 Å². The van der Waals surface area contributed by atoms with Crippen LogP contribution in [0.3, 0.4) is 0 Å². The summed E-state index contributed by atoms with van der Waals surface area (Å²) in [5.74, 6) is 0.00875. The van der Waals surface area contributed by atoms with Gasteiger partial charge in [0.25, 0.3) is 0 Å². The maximum absolute atomic E-state index is 11.9. The van der Waals surface area contributed by atoms with E-state index in [9.17, 15) is 14.7 Å². The maximum atomic E-state index is 11.9. The molecule has 1 amide bonds. The average Bonchev–Trinajstić information content (AvgIpc) is 2.57. The van der Waals surface area contributed by atoms with Crippen LogP contribution in [0, 0.1) is 0 Å². The summed E-state index contributed by atoms with van der Waals surface area (Å²) in [7, 11) is 1.53. The minimum atomic E-state index is -1.14. The quantitative estimate of drug-likeness (QED) is 0.599. The van der Waals surface area contributed by atoms with E-state index in [-0.39, 0.29) is 6.42 Å². The van der Waals surface area contributed by atoms with Gasteiger partial charge in [0.05, 0.1) is 13.7 Å². The zero-order valence-corrected chi connectivity index (χ0v) is 16.8. The number of amides is 1. The molecule has 0 aliphatic heterocycles. The Kier molecular flexibility index (Phi) is 8.91. The third-order valence-electron chi connectivity index (χ3n) is 3.66. The number of hydrogen-bond donors (Lipinski definition) is 2. The molecular formula is C20H31NO6. The second-order valence-electron chi connectivity index (χ2n) is 7.28. The van der Waals surface area contributed by atoms with Gasteiger partial charge in [0.1, 0.15) is 11.6 Å². The SMILES string of the molecule is CCCCCOc1ccc(CC(NC(=O)OC(C)(C)C)C(=O)O)cc1OC. The second kappa shape index (κ2) is 10.6. The Morgan fingerprint density at radius 1 is 1.19 bits per heavy atom. The third kappa shape index (κ3) is 8.66. The summed E-state index contributed by atoms with van der Waals surface area (Å²) in [4.78, 5) is 23.4. The number of aliphatic carboxylic acids is 1. The summed E-state index contributed by atoms with van der Waals surface area (Å²) in [6.07, 6.45) is 2.50. The van der Waals surface area contributed by atoms with Crippen LogP contribution in [0.5, 0.6) is 11.5 Å². The van der Waals surface area contributed by atoms with Gasteiger partial charge >= 0.3 is 12.1 Å². The van der Waals surface area contributed by atoms with Crippen molar-refractivity contribution in [2.24, 2.45) is 0 Å². The van der Waals surface area contributed by atoms with E-state index in [1.807, 2.05) is 0 Å². The molecule has 2 N–H and O–H groups in total. The molecule has 1 aromatic rings. The molecule has 0 aliphatic carbocycles. The molecule has 7 heteroatoms. The first-order valence-electron chi connectivity index (χ1n) is 9.18. The van der Waals surface area contributed by atoms with Gasteiger partial charge in [-0.05, 0) is 44.9 Å². The Balaban J connectivity index is 2.78. The molecular weight excluding hydrogens is 350 g/mol. The van der Waals surface area contributed by atoms with Crippen LogP contribution in [-0.4, -0.2) is 42.5 Å². The van der Waals surface area contributed by atoms with Crippen LogP contribution >= 0.6 is 0 Å². The van der Waals surface area contributed by atoms with Crippen molar-refractivity contribution < 1.29 is 28.9 Å². The van der Waals surface area contributed by atoms with Crippen LogP contribution in [0.15, 0.2) is 18.2 Å². The molecule has 7 nitrogen and oxygen atoms in total. The van der Waals surface area contributed by atoms with Gasteiger partial charge in [-0.15, -0.1) is 0 Å². The van der Waals surface area contributed by atoms with Gasteiger partial charge in [-0.1, -0.05) is 25.8 Å². The molecule has 0 bridgehead atoms. The van der Waals surface area contributed by atoms with Crippen molar-refractivity contribution in [2.75, 3.05) is 13.7 Å². The van der Waals surface area contributed by atoms with Crippen molar-refractivity contribution in [3.8, 4) is 11.5 Å². The predicted molar refractivity (Wildman–Crippen MR) is 103 cm³/mol. The monoisotopic (exact) mass is 381 g/mol. The molecule has 0 saturated heterocycles. The van der Waals surface area contributed by atoms with Crippen molar-refractivity contribution in [3.63, 3.8) is 0 Å². The number of alkyl carbamates (subject to hydrolysis) is 1. The molecule has 1 unspecified atom stereocenters. The third-order valence-corrected chi connectivity index (χ3v) is 3.66. The van der Waals surface area contributed by atoms with E-state index in [0.717, 1.165) is 19.3 Å². The van der Waals surface area contributed by atoms with E-state index >= 15 is 0 Å². The van der Waals surface area contributed by atoms with Crippen molar-refractivity contribution >= 4 is 12.1 Å². The highest BCUT2D eigenvalue weighted by molar-refractivity contribution is 5.80. The maximum Gasteiger partial charge on any atom is 0.408 e. The van der Waals surface area contributed by atoms with Crippen LogP contribution in [-0.2, 0) is 16.0 Å². The van der Waals surface area contributed by atoms with Crippen LogP contribution < -0.4 is 14.8 Å². The Labute approximate surface area is 161 Å². The van der Waals surface area contributed by atoms with Crippen LogP contribution in [0.2, 0.25) is 0 Å². The van der Waals surface area contributed by atoms with E-state index in [0.29, 0.717) is 23.7 Å². The number of carboxylic acids is 1. The summed E-state index contributed by atoms with van der Waals surface area (Å²) in [5, 5.41) is 11.8. The minimum absolute atomic E-state index is 0.0983. The summed E-state index contributed by atoms with van der Waals surface area (Å²) in [6.45, 7) is 7.87. The van der Waals surface area contributed by atoms with Crippen molar-refractivity contribution in [3.05, 3.63) is 23.8 Å². The Bertz CT molecular complexity index is 623. The highest BCUT2D eigenvalue weighted by Crippen LogP contribution is 2.29. The number of methoxy groups -OCH3 is 1. The van der Waals surface area contributed by atoms with Crippen LogP contribution in [0.4, 0.5) is 4.79 Å². The highest BCUT2D eigenvalue weighted by Gasteiger charge is 2.24. The number of nitrogens with one attached hydrogen (secondary N) is 1. The molecule has 1 atom stereocenters. The highest BCUT2D eigenvalue weighted by atomic mass is 16.6. The van der Waals surface area contributed by atoms with Gasteiger partial charge in [-0.3, -0.25) is 0 Å². The van der Waals surface area contributed by atoms with Gasteiger partial charge in [0.15, 0.2) is 11.5 Å². The summed E-state index contributed by atoms with van der Waals surface area (Å²) >= 11 is 0. The standard InChI is InChI=1S/C20H31NO6/c1-6-7-8-11-26-16-10-9-14(13-17(16)25-5)12-15(18(22)23)21-19(24)27-20(2,3)4/h9-10,13,15H,6-8,11-12H2,1-5H3,(H,21,24)(H,22,23). The molecule has 0 radical (unpaired) electrons. The van der Waals surface area contributed by atoms with Gasteiger partial charge in [0.2, 0.25) is 0 Å². The first-order chi connectivity index (χ1) is 12.7. The minimum Gasteiger partial charge on any atom is -0.493 e. The van der Waals surface area contributed by atoms with Gasteiger partial charge < -0.3 is 24.6 Å². The summed E-state index contributed by atoms with van der Waals surface area (Å²) in [5.41, 5.74) is 0.00356. The molecule has 27 heavy (non-hydrogen) atoms. The largest absolute Gasteiger partial charge is 0.493 e. The fourth-order valence-corrected chi connectivity index (χ4v) is 2.38. The van der Waals surface area contributed by atoms with E-state index in [1.54, 1.807) is 39.0 Å². The molecule has 0 fully saturated rings. The van der Waals surface area contributed by atoms with Crippen LogP contribution in [0.1, 0.15) is 52.5 Å². The molecule has 0 spiro atoms. The zero-order valence-electron chi connectivity index (χ0n) is 16.8. The number of carbonyl (C=O) groups excluding carboxylic acids is 1. The number of hydrogen-bond acceptors (Lipinski definition) is 5. The topological polar surface area (TPSA) is 94.1 Å². The Hall–Kier alpha value is -2.44. The molecule has 0 saturated carbocycles. The summed E-state index contributed by atoms with van der Waals surface area (Å²) < 4.78 is 16.2. The lowest BCUT2D eigenvalue weighted by molar-refractivity contribution is -0.139. The number of unbranched alkanes of at least 4 members (excludes halogenated alkanes) is 2. The normalized spacial score (nSPS) is 12.2. The Morgan fingerprint density at radius 2 is 1.89 bits per heavy atom.